The summed E-state index contributed by atoms with van der Waals surface area (Å²) in [7, 11) is 0. The minimum Gasteiger partial charge on any atom is -0.390 e. The summed E-state index contributed by atoms with van der Waals surface area (Å²) in [6, 6.07) is 5.37. The minimum absolute atomic E-state index is 0.0399. The van der Waals surface area contributed by atoms with Gasteiger partial charge in [0.2, 0.25) is 0 Å². The lowest BCUT2D eigenvalue weighted by Gasteiger charge is -2.27. The fourth-order valence-electron chi connectivity index (χ4n) is 3.06. The quantitative estimate of drug-likeness (QED) is 0.712. The third kappa shape index (κ3) is 2.55. The number of rotatable bonds is 3. The summed E-state index contributed by atoms with van der Waals surface area (Å²) < 4.78 is 3.39. The number of aliphatic hydroxyl groups excluding tert-OH is 1. The molecule has 0 aliphatic carbocycles. The second kappa shape index (κ2) is 5.32. The molecule has 0 atom stereocenters. The van der Waals surface area contributed by atoms with Gasteiger partial charge in [0, 0.05) is 37.5 Å². The molecule has 0 spiro atoms. The van der Waals surface area contributed by atoms with Crippen molar-refractivity contribution in [3.8, 4) is 0 Å². The van der Waals surface area contributed by atoms with E-state index in [-0.39, 0.29) is 12.2 Å². The maximum Gasteiger partial charge on any atom is 0.272 e. The lowest BCUT2D eigenvalue weighted by molar-refractivity contribution is 0.202. The number of aromatic nitrogens is 5. The number of hydrogen-bond donors (Lipinski definition) is 2. The first-order valence-corrected chi connectivity index (χ1v) is 7.59. The van der Waals surface area contributed by atoms with Crippen LogP contribution in [0.25, 0.3) is 5.65 Å². The molecule has 0 radical (unpaired) electrons. The Balaban J connectivity index is 1.58. The van der Waals surface area contributed by atoms with Gasteiger partial charge in [0.15, 0.2) is 5.65 Å². The van der Waals surface area contributed by atoms with Gasteiger partial charge in [-0.25, -0.2) is 9.50 Å². The molecule has 1 aliphatic heterocycles. The number of nitrogens with one attached hydrogen (secondary N) is 1. The zero-order chi connectivity index (χ0) is 16.0. The molecule has 4 rings (SSSR count). The lowest BCUT2D eigenvalue weighted by atomic mass is 10.2. The van der Waals surface area contributed by atoms with E-state index in [4.69, 9.17) is 0 Å². The van der Waals surface area contributed by atoms with Gasteiger partial charge in [-0.15, -0.1) is 0 Å². The van der Waals surface area contributed by atoms with E-state index in [1.165, 1.54) is 4.52 Å². The van der Waals surface area contributed by atoms with Crippen LogP contribution in [-0.2, 0) is 26.2 Å². The average molecular weight is 314 g/mol. The summed E-state index contributed by atoms with van der Waals surface area (Å²) >= 11 is 0. The zero-order valence-electron chi connectivity index (χ0n) is 12.9. The molecule has 8 nitrogen and oxygen atoms in total. The van der Waals surface area contributed by atoms with E-state index in [1.807, 2.05) is 23.7 Å². The van der Waals surface area contributed by atoms with Crippen LogP contribution in [-0.4, -0.2) is 40.9 Å². The van der Waals surface area contributed by atoms with Gasteiger partial charge < -0.3 is 5.11 Å². The molecule has 3 aromatic heterocycles. The van der Waals surface area contributed by atoms with Crippen LogP contribution in [0.2, 0.25) is 0 Å². The van der Waals surface area contributed by atoms with E-state index < -0.39 is 0 Å². The zero-order valence-corrected chi connectivity index (χ0v) is 12.9. The Morgan fingerprint density at radius 2 is 2.13 bits per heavy atom. The van der Waals surface area contributed by atoms with E-state index in [0.717, 1.165) is 36.7 Å². The Bertz CT molecular complexity index is 922. The topological polar surface area (TPSA) is 91.4 Å². The first-order valence-electron chi connectivity index (χ1n) is 7.59. The van der Waals surface area contributed by atoms with Gasteiger partial charge in [-0.1, -0.05) is 0 Å². The van der Waals surface area contributed by atoms with E-state index in [0.29, 0.717) is 17.9 Å². The second-order valence-corrected chi connectivity index (χ2v) is 5.94. The number of hydrogen-bond acceptors (Lipinski definition) is 5. The number of aliphatic hydroxyl groups is 1. The summed E-state index contributed by atoms with van der Waals surface area (Å²) in [6.07, 6.45) is 0. The summed E-state index contributed by atoms with van der Waals surface area (Å²) in [5.41, 5.74) is 4.00. The summed E-state index contributed by atoms with van der Waals surface area (Å²) in [4.78, 5) is 18.9. The molecule has 23 heavy (non-hydrogen) atoms. The van der Waals surface area contributed by atoms with Crippen LogP contribution >= 0.6 is 0 Å². The molecular formula is C15H18N6O2. The van der Waals surface area contributed by atoms with Crippen LogP contribution in [0.4, 0.5) is 0 Å². The first-order chi connectivity index (χ1) is 11.1. The molecule has 1 aliphatic rings. The Kier molecular flexibility index (Phi) is 3.28. The van der Waals surface area contributed by atoms with Crippen molar-refractivity contribution in [2.45, 2.75) is 33.2 Å². The molecule has 120 valence electrons. The predicted octanol–water partition coefficient (Wildman–Crippen LogP) is 0.0356. The molecule has 0 aromatic carbocycles. The molecule has 0 fully saturated rings. The normalized spacial score (nSPS) is 15.2. The maximum atomic E-state index is 12.1. The second-order valence-electron chi connectivity index (χ2n) is 5.94. The summed E-state index contributed by atoms with van der Waals surface area (Å²) in [5, 5.41) is 16.5. The van der Waals surface area contributed by atoms with Crippen molar-refractivity contribution in [1.29, 1.82) is 0 Å². The highest BCUT2D eigenvalue weighted by Gasteiger charge is 2.19. The smallest absolute Gasteiger partial charge is 0.272 e. The lowest BCUT2D eigenvalue weighted by Crippen LogP contribution is -2.34. The maximum absolute atomic E-state index is 12.1. The summed E-state index contributed by atoms with van der Waals surface area (Å²) in [6.45, 7) is 4.84. The molecule has 0 bridgehead atoms. The predicted molar refractivity (Wildman–Crippen MR) is 82.8 cm³/mol. The van der Waals surface area contributed by atoms with Crippen molar-refractivity contribution >= 4 is 5.65 Å². The SMILES string of the molecule is Cc1cc2nc(CN3CCn4nc(CO)cc4C3)cc(=O)n2[nH]1. The van der Waals surface area contributed by atoms with Crippen LogP contribution in [0.3, 0.4) is 0 Å². The highest BCUT2D eigenvalue weighted by atomic mass is 16.3. The van der Waals surface area contributed by atoms with Gasteiger partial charge in [0.25, 0.3) is 5.56 Å². The van der Waals surface area contributed by atoms with E-state index in [1.54, 1.807) is 6.07 Å². The molecule has 2 N–H and O–H groups in total. The Hall–Kier alpha value is -2.45. The molecule has 3 aromatic rings. The van der Waals surface area contributed by atoms with Crippen LogP contribution in [0, 0.1) is 6.92 Å². The van der Waals surface area contributed by atoms with Crippen molar-refractivity contribution in [2.24, 2.45) is 0 Å². The molecule has 0 saturated heterocycles. The number of fused-ring (bicyclic) bond motifs is 2. The van der Waals surface area contributed by atoms with Crippen molar-refractivity contribution in [3.63, 3.8) is 0 Å². The number of H-pyrrole nitrogens is 1. The number of aromatic amines is 1. The van der Waals surface area contributed by atoms with Crippen LogP contribution in [0.1, 0.15) is 22.8 Å². The van der Waals surface area contributed by atoms with Gasteiger partial charge in [-0.3, -0.25) is 19.5 Å². The Morgan fingerprint density at radius 3 is 2.96 bits per heavy atom. The third-order valence-corrected chi connectivity index (χ3v) is 4.11. The Labute approximate surface area is 132 Å². The van der Waals surface area contributed by atoms with Crippen molar-refractivity contribution in [1.82, 2.24) is 29.3 Å². The molecule has 0 amide bonds. The molecule has 4 heterocycles. The minimum atomic E-state index is -0.0947. The average Bonchev–Trinajstić information content (AvgIpc) is 3.09. The van der Waals surface area contributed by atoms with Gasteiger partial charge in [0.05, 0.1) is 30.2 Å². The van der Waals surface area contributed by atoms with Crippen LogP contribution < -0.4 is 5.56 Å². The molecular weight excluding hydrogens is 296 g/mol. The fraction of sp³-hybridized carbons (Fsp3) is 0.400. The monoisotopic (exact) mass is 314 g/mol. The van der Waals surface area contributed by atoms with Gasteiger partial charge in [-0.05, 0) is 13.0 Å². The Morgan fingerprint density at radius 1 is 1.26 bits per heavy atom. The van der Waals surface area contributed by atoms with E-state index in [2.05, 4.69) is 20.1 Å². The molecule has 0 unspecified atom stereocenters. The third-order valence-electron chi connectivity index (χ3n) is 4.11. The van der Waals surface area contributed by atoms with E-state index >= 15 is 0 Å². The van der Waals surface area contributed by atoms with Crippen LogP contribution in [0.15, 0.2) is 23.0 Å². The first kappa shape index (κ1) is 14.2. The number of nitrogens with zero attached hydrogens (tertiary/aromatic N) is 5. The molecule has 8 heteroatoms. The van der Waals surface area contributed by atoms with Gasteiger partial charge in [0.1, 0.15) is 0 Å². The number of aryl methyl sites for hydroxylation is 1. The van der Waals surface area contributed by atoms with Gasteiger partial charge in [-0.2, -0.15) is 5.10 Å². The summed E-state index contributed by atoms with van der Waals surface area (Å²) in [5.74, 6) is 0. The standard InChI is InChI=1S/C15H18N6O2/c1-10-4-14-16-11(6-15(23)21(14)17-10)7-19-2-3-20-13(8-19)5-12(9-22)18-20/h4-6,17,22H,2-3,7-9H2,1H3. The highest BCUT2D eigenvalue weighted by molar-refractivity contribution is 5.39. The van der Waals surface area contributed by atoms with Crippen molar-refractivity contribution < 1.29 is 5.11 Å². The van der Waals surface area contributed by atoms with Crippen molar-refractivity contribution in [2.75, 3.05) is 6.54 Å². The van der Waals surface area contributed by atoms with Crippen LogP contribution in [0.5, 0.6) is 0 Å². The largest absolute Gasteiger partial charge is 0.390 e. The van der Waals surface area contributed by atoms with Gasteiger partial charge >= 0.3 is 0 Å². The fourth-order valence-corrected chi connectivity index (χ4v) is 3.06. The highest BCUT2D eigenvalue weighted by Crippen LogP contribution is 2.15. The molecule has 0 saturated carbocycles. The van der Waals surface area contributed by atoms with Crippen molar-refractivity contribution in [3.05, 3.63) is 51.3 Å². The van der Waals surface area contributed by atoms with E-state index in [9.17, 15) is 9.90 Å².